The maximum absolute atomic E-state index is 12.1. The normalized spacial score (nSPS) is 12.5. The summed E-state index contributed by atoms with van der Waals surface area (Å²) in [6.45, 7) is 4.77. The SMILES string of the molecule is CC(C)CCNC(=O)c1ccc(S(=O)(=O)C(Br)(Br)Br)cc1. The number of benzene rings is 1. The Labute approximate surface area is 150 Å². The fraction of sp³-hybridized carbons (Fsp3) is 0.462. The number of rotatable bonds is 5. The summed E-state index contributed by atoms with van der Waals surface area (Å²) in [7, 11) is -3.63. The van der Waals surface area contributed by atoms with E-state index in [0.717, 1.165) is 6.42 Å². The molecule has 0 bridgehead atoms. The van der Waals surface area contributed by atoms with Crippen LogP contribution >= 0.6 is 47.8 Å². The summed E-state index contributed by atoms with van der Waals surface area (Å²) in [4.78, 5) is 12.0. The fourth-order valence-corrected chi connectivity index (χ4v) is 3.94. The highest BCUT2D eigenvalue weighted by Crippen LogP contribution is 2.43. The average Bonchev–Trinajstić information content (AvgIpc) is 2.37. The zero-order chi connectivity index (χ0) is 16.3. The molecule has 0 saturated carbocycles. The van der Waals surface area contributed by atoms with Crippen molar-refractivity contribution in [2.45, 2.75) is 26.6 Å². The first-order chi connectivity index (χ1) is 9.55. The van der Waals surface area contributed by atoms with Crippen LogP contribution in [0, 0.1) is 5.92 Å². The third-order valence-corrected chi connectivity index (χ3v) is 8.08. The minimum Gasteiger partial charge on any atom is -0.352 e. The van der Waals surface area contributed by atoms with Gasteiger partial charge in [0.25, 0.3) is 5.91 Å². The highest BCUT2D eigenvalue weighted by atomic mass is 80.0. The lowest BCUT2D eigenvalue weighted by atomic mass is 10.1. The molecule has 0 aliphatic carbocycles. The van der Waals surface area contributed by atoms with Gasteiger partial charge in [-0.15, -0.1) is 0 Å². The van der Waals surface area contributed by atoms with E-state index < -0.39 is 11.3 Å². The minimum absolute atomic E-state index is 0.104. The zero-order valence-electron chi connectivity index (χ0n) is 11.6. The first-order valence-corrected chi connectivity index (χ1v) is 10.1. The van der Waals surface area contributed by atoms with Crippen molar-refractivity contribution >= 4 is 63.5 Å². The molecule has 1 rings (SSSR count). The molecule has 1 N–H and O–H groups in total. The van der Waals surface area contributed by atoms with Crippen molar-refractivity contribution in [3.8, 4) is 0 Å². The largest absolute Gasteiger partial charge is 0.352 e. The fourth-order valence-electron chi connectivity index (χ4n) is 1.50. The van der Waals surface area contributed by atoms with Crippen molar-refractivity contribution in [1.82, 2.24) is 5.32 Å². The molecule has 0 unspecified atom stereocenters. The lowest BCUT2D eigenvalue weighted by Gasteiger charge is -2.14. The van der Waals surface area contributed by atoms with E-state index in [9.17, 15) is 13.2 Å². The number of amides is 1. The van der Waals surface area contributed by atoms with Crippen LogP contribution in [0.3, 0.4) is 0 Å². The van der Waals surface area contributed by atoms with Gasteiger partial charge in [0.2, 0.25) is 11.3 Å². The standard InChI is InChI=1S/C13H16Br3NO3S/c1-9(2)7-8-17-12(18)10-3-5-11(6-4-10)21(19,20)13(14,15)16/h3-6,9H,7-8H2,1-2H3,(H,17,18). The number of carbonyl (C=O) groups is 1. The molecule has 4 nitrogen and oxygen atoms in total. The monoisotopic (exact) mass is 503 g/mol. The first kappa shape index (κ1) is 19.1. The predicted molar refractivity (Wildman–Crippen MR) is 94.9 cm³/mol. The second-order valence-electron chi connectivity index (χ2n) is 4.91. The molecule has 0 radical (unpaired) electrons. The van der Waals surface area contributed by atoms with Crippen LogP contribution in [0.15, 0.2) is 29.2 Å². The topological polar surface area (TPSA) is 63.2 Å². The number of nitrogens with one attached hydrogen (secondary N) is 1. The quantitative estimate of drug-likeness (QED) is 0.614. The van der Waals surface area contributed by atoms with Gasteiger partial charge < -0.3 is 5.32 Å². The maximum Gasteiger partial charge on any atom is 0.251 e. The van der Waals surface area contributed by atoms with Gasteiger partial charge in [-0.25, -0.2) is 8.42 Å². The van der Waals surface area contributed by atoms with Crippen molar-refractivity contribution in [2.75, 3.05) is 6.54 Å². The predicted octanol–water partition coefficient (Wildman–Crippen LogP) is 4.03. The molecule has 0 fully saturated rings. The molecule has 1 aromatic carbocycles. The molecule has 0 heterocycles. The number of halogens is 3. The molecular formula is C13H16Br3NO3S. The Bertz CT molecular complexity index is 592. The Morgan fingerprint density at radius 1 is 1.19 bits per heavy atom. The summed E-state index contributed by atoms with van der Waals surface area (Å²) in [6, 6.07) is 5.81. The number of sulfone groups is 1. The molecule has 21 heavy (non-hydrogen) atoms. The highest BCUT2D eigenvalue weighted by molar-refractivity contribution is 9.42. The van der Waals surface area contributed by atoms with E-state index in [1.54, 1.807) is 0 Å². The zero-order valence-corrected chi connectivity index (χ0v) is 17.1. The molecule has 8 heteroatoms. The van der Waals surface area contributed by atoms with Crippen LogP contribution in [0.4, 0.5) is 0 Å². The molecule has 0 aromatic heterocycles. The van der Waals surface area contributed by atoms with Crippen molar-refractivity contribution in [3.63, 3.8) is 0 Å². The van der Waals surface area contributed by atoms with E-state index in [4.69, 9.17) is 0 Å². The highest BCUT2D eigenvalue weighted by Gasteiger charge is 2.37. The Hall–Kier alpha value is 0.0800. The summed E-state index contributed by atoms with van der Waals surface area (Å²) < 4.78 is 22.9. The Balaban J connectivity index is 2.82. The average molecular weight is 506 g/mol. The summed E-state index contributed by atoms with van der Waals surface area (Å²) in [5.74, 6) is 0.310. The van der Waals surface area contributed by atoms with Gasteiger partial charge in [-0.3, -0.25) is 4.79 Å². The van der Waals surface area contributed by atoms with Gasteiger partial charge >= 0.3 is 0 Å². The number of hydrogen-bond acceptors (Lipinski definition) is 3. The molecule has 0 aliphatic heterocycles. The summed E-state index contributed by atoms with van der Waals surface area (Å²) >= 11 is 8.99. The van der Waals surface area contributed by atoms with E-state index in [1.165, 1.54) is 24.3 Å². The van der Waals surface area contributed by atoms with E-state index in [0.29, 0.717) is 18.0 Å². The van der Waals surface area contributed by atoms with Crippen molar-refractivity contribution < 1.29 is 13.2 Å². The van der Waals surface area contributed by atoms with Crippen LogP contribution in [0.25, 0.3) is 0 Å². The maximum atomic E-state index is 12.1. The van der Waals surface area contributed by atoms with Crippen LogP contribution in [-0.4, -0.2) is 22.3 Å². The van der Waals surface area contributed by atoms with Gasteiger partial charge in [0, 0.05) is 12.1 Å². The third-order valence-electron chi connectivity index (χ3n) is 2.74. The molecule has 0 saturated heterocycles. The van der Waals surface area contributed by atoms with Gasteiger partial charge in [-0.2, -0.15) is 0 Å². The van der Waals surface area contributed by atoms with Crippen molar-refractivity contribution in [1.29, 1.82) is 0 Å². The van der Waals surface area contributed by atoms with Gasteiger partial charge in [0.15, 0.2) is 0 Å². The van der Waals surface area contributed by atoms with E-state index >= 15 is 0 Å². The molecular weight excluding hydrogens is 490 g/mol. The van der Waals surface area contributed by atoms with Crippen molar-refractivity contribution in [3.05, 3.63) is 29.8 Å². The molecule has 0 aliphatic rings. The van der Waals surface area contributed by atoms with Gasteiger partial charge in [0.1, 0.15) is 0 Å². The van der Waals surface area contributed by atoms with Gasteiger partial charge in [0.05, 0.1) is 4.90 Å². The smallest absolute Gasteiger partial charge is 0.251 e. The summed E-state index contributed by atoms with van der Waals surface area (Å²) in [6.07, 6.45) is 0.900. The Kier molecular flexibility index (Phi) is 6.89. The van der Waals surface area contributed by atoms with Crippen LogP contribution in [0.2, 0.25) is 0 Å². The Morgan fingerprint density at radius 2 is 1.71 bits per heavy atom. The summed E-state index contributed by atoms with van der Waals surface area (Å²) in [5, 5.41) is 2.80. The third kappa shape index (κ3) is 5.33. The molecule has 118 valence electrons. The second-order valence-corrected chi connectivity index (χ2v) is 15.3. The van der Waals surface area contributed by atoms with Gasteiger partial charge in [-0.05, 0) is 84.4 Å². The first-order valence-electron chi connectivity index (χ1n) is 6.25. The molecule has 0 spiro atoms. The molecule has 1 amide bonds. The van der Waals surface area contributed by atoms with Crippen LogP contribution in [0.5, 0.6) is 0 Å². The second kappa shape index (κ2) is 7.57. The van der Waals surface area contributed by atoms with E-state index in [2.05, 4.69) is 67.0 Å². The molecule has 0 atom stereocenters. The van der Waals surface area contributed by atoms with Crippen LogP contribution in [-0.2, 0) is 9.84 Å². The number of hydrogen-bond donors (Lipinski definition) is 1. The van der Waals surface area contributed by atoms with Gasteiger partial charge in [-0.1, -0.05) is 13.8 Å². The Morgan fingerprint density at radius 3 is 2.14 bits per heavy atom. The molecule has 1 aromatic rings. The lowest BCUT2D eigenvalue weighted by Crippen LogP contribution is -2.25. The summed E-state index contributed by atoms with van der Waals surface area (Å²) in [5.41, 5.74) is 0.432. The number of carbonyl (C=O) groups excluding carboxylic acids is 1. The van der Waals surface area contributed by atoms with E-state index in [-0.39, 0.29) is 10.8 Å². The van der Waals surface area contributed by atoms with Crippen molar-refractivity contribution in [2.24, 2.45) is 5.92 Å². The van der Waals surface area contributed by atoms with Crippen LogP contribution in [0.1, 0.15) is 30.6 Å². The van der Waals surface area contributed by atoms with E-state index in [1.807, 2.05) is 0 Å². The number of alkyl halides is 3. The van der Waals surface area contributed by atoms with Crippen LogP contribution < -0.4 is 5.32 Å². The minimum atomic E-state index is -3.63. The lowest BCUT2D eigenvalue weighted by molar-refractivity contribution is 0.0952.